The molecule has 1 N–H and O–H groups in total. The van der Waals surface area contributed by atoms with Crippen LogP contribution in [0.4, 0.5) is 0 Å². The Labute approximate surface area is 169 Å². The Kier molecular flexibility index (Phi) is 4.96. The van der Waals surface area contributed by atoms with Crippen LogP contribution < -0.4 is 0 Å². The third kappa shape index (κ3) is 3.55. The minimum absolute atomic E-state index is 0.302. The number of rotatable bonds is 5. The molecule has 4 rings (SSSR count). The Hall–Kier alpha value is -3.73. The summed E-state index contributed by atoms with van der Waals surface area (Å²) >= 11 is 0. The third-order valence-electron chi connectivity index (χ3n) is 4.94. The van der Waals surface area contributed by atoms with Crippen molar-refractivity contribution in [1.82, 2.24) is 14.5 Å². The molecular weight excluding hydrogens is 362 g/mol. The predicted octanol–water partition coefficient (Wildman–Crippen LogP) is 5.19. The first-order valence-corrected chi connectivity index (χ1v) is 9.44. The standard InChI is InChI=1S/C24H21N3O2/c1-3-6-21-26-22-16(2)13-14-25-23(22)27(21)15-17-9-11-18(12-10-17)19-7-4-5-8-20(19)24(28)29/h3-14H,15H2,1-2H3,(H,28,29)/b6-3+. The van der Waals surface area contributed by atoms with Crippen molar-refractivity contribution in [1.29, 1.82) is 0 Å². The van der Waals surface area contributed by atoms with Gasteiger partial charge in [-0.3, -0.25) is 0 Å². The molecule has 2 aromatic heterocycles. The molecule has 0 spiro atoms. The Bertz CT molecular complexity index is 1220. The minimum Gasteiger partial charge on any atom is -0.478 e. The lowest BCUT2D eigenvalue weighted by atomic mass is 9.99. The van der Waals surface area contributed by atoms with Gasteiger partial charge < -0.3 is 9.67 Å². The van der Waals surface area contributed by atoms with Crippen LogP contribution in [0, 0.1) is 6.92 Å². The number of hydrogen-bond acceptors (Lipinski definition) is 3. The first-order chi connectivity index (χ1) is 14.1. The number of carboxylic acid groups (broad SMARTS) is 1. The van der Waals surface area contributed by atoms with Crippen LogP contribution in [0.3, 0.4) is 0 Å². The van der Waals surface area contributed by atoms with Gasteiger partial charge in [0.2, 0.25) is 0 Å². The zero-order chi connectivity index (χ0) is 20.4. The van der Waals surface area contributed by atoms with Gasteiger partial charge in [0, 0.05) is 6.20 Å². The lowest BCUT2D eigenvalue weighted by Gasteiger charge is -2.10. The highest BCUT2D eigenvalue weighted by Crippen LogP contribution is 2.25. The molecule has 0 aliphatic rings. The number of fused-ring (bicyclic) bond motifs is 1. The number of imidazole rings is 1. The van der Waals surface area contributed by atoms with Crippen molar-refractivity contribution in [3.63, 3.8) is 0 Å². The van der Waals surface area contributed by atoms with Gasteiger partial charge in [-0.15, -0.1) is 0 Å². The number of benzene rings is 2. The molecule has 29 heavy (non-hydrogen) atoms. The van der Waals surface area contributed by atoms with E-state index in [0.717, 1.165) is 33.7 Å². The van der Waals surface area contributed by atoms with Crippen LogP contribution in [0.5, 0.6) is 0 Å². The first kappa shape index (κ1) is 18.6. The monoisotopic (exact) mass is 383 g/mol. The highest BCUT2D eigenvalue weighted by molar-refractivity contribution is 5.96. The van der Waals surface area contributed by atoms with E-state index in [1.165, 1.54) is 0 Å². The number of nitrogens with zero attached hydrogens (tertiary/aromatic N) is 3. The SMILES string of the molecule is C/C=C/c1nc2c(C)ccnc2n1Cc1ccc(-c2ccccc2C(=O)O)cc1. The van der Waals surface area contributed by atoms with Crippen molar-refractivity contribution in [2.75, 3.05) is 0 Å². The van der Waals surface area contributed by atoms with Gasteiger partial charge in [-0.25, -0.2) is 14.8 Å². The molecule has 0 amide bonds. The van der Waals surface area contributed by atoms with Crippen LogP contribution >= 0.6 is 0 Å². The van der Waals surface area contributed by atoms with Crippen molar-refractivity contribution in [3.8, 4) is 11.1 Å². The number of aromatic nitrogens is 3. The smallest absolute Gasteiger partial charge is 0.336 e. The van der Waals surface area contributed by atoms with Crippen molar-refractivity contribution < 1.29 is 9.90 Å². The number of aromatic carboxylic acids is 1. The van der Waals surface area contributed by atoms with E-state index in [2.05, 4.69) is 9.55 Å². The van der Waals surface area contributed by atoms with Crippen molar-refractivity contribution >= 4 is 23.2 Å². The van der Waals surface area contributed by atoms with E-state index in [9.17, 15) is 9.90 Å². The molecule has 0 saturated heterocycles. The fraction of sp³-hybridized carbons (Fsp3) is 0.125. The molecular formula is C24H21N3O2. The minimum atomic E-state index is -0.924. The largest absolute Gasteiger partial charge is 0.478 e. The van der Waals surface area contributed by atoms with E-state index in [1.54, 1.807) is 18.3 Å². The second kappa shape index (κ2) is 7.72. The first-order valence-electron chi connectivity index (χ1n) is 9.44. The summed E-state index contributed by atoms with van der Waals surface area (Å²) in [5.74, 6) is -0.0587. The molecule has 2 aromatic carbocycles. The summed E-state index contributed by atoms with van der Waals surface area (Å²) in [6, 6.07) is 17.0. The number of pyridine rings is 1. The van der Waals surface area contributed by atoms with Gasteiger partial charge in [0.05, 0.1) is 12.1 Å². The third-order valence-corrected chi connectivity index (χ3v) is 4.94. The zero-order valence-corrected chi connectivity index (χ0v) is 16.3. The van der Waals surface area contributed by atoms with Gasteiger partial charge in [0.1, 0.15) is 11.3 Å². The van der Waals surface area contributed by atoms with E-state index < -0.39 is 5.97 Å². The summed E-state index contributed by atoms with van der Waals surface area (Å²) in [5, 5.41) is 9.43. The number of allylic oxidation sites excluding steroid dienone is 1. The molecule has 5 nitrogen and oxygen atoms in total. The van der Waals surface area contributed by atoms with Gasteiger partial charge in [-0.2, -0.15) is 0 Å². The number of carbonyl (C=O) groups is 1. The quantitative estimate of drug-likeness (QED) is 0.515. The molecule has 4 aromatic rings. The van der Waals surface area contributed by atoms with Gasteiger partial charge in [-0.05, 0) is 54.3 Å². The summed E-state index contributed by atoms with van der Waals surface area (Å²) in [5.41, 5.74) is 5.85. The fourth-order valence-electron chi connectivity index (χ4n) is 3.48. The molecule has 0 radical (unpaired) electrons. The average Bonchev–Trinajstić information content (AvgIpc) is 3.07. The summed E-state index contributed by atoms with van der Waals surface area (Å²) in [4.78, 5) is 20.8. The topological polar surface area (TPSA) is 68.0 Å². The molecule has 2 heterocycles. The summed E-state index contributed by atoms with van der Waals surface area (Å²) in [6.45, 7) is 4.64. The zero-order valence-electron chi connectivity index (χ0n) is 16.3. The van der Waals surface area contributed by atoms with Crippen LogP contribution in [0.2, 0.25) is 0 Å². The van der Waals surface area contributed by atoms with Gasteiger partial charge in [0.25, 0.3) is 0 Å². The lowest BCUT2D eigenvalue weighted by molar-refractivity contribution is 0.0697. The van der Waals surface area contributed by atoms with E-state index in [4.69, 9.17) is 4.98 Å². The molecule has 0 fully saturated rings. The van der Waals surface area contributed by atoms with E-state index in [0.29, 0.717) is 17.7 Å². The number of carboxylic acids is 1. The summed E-state index contributed by atoms with van der Waals surface area (Å²) in [6.07, 6.45) is 5.76. The van der Waals surface area contributed by atoms with E-state index >= 15 is 0 Å². The second-order valence-electron chi connectivity index (χ2n) is 6.90. The van der Waals surface area contributed by atoms with Crippen LogP contribution in [-0.4, -0.2) is 25.6 Å². The molecule has 5 heteroatoms. The Balaban J connectivity index is 1.71. The molecule has 0 atom stereocenters. The molecule has 0 unspecified atom stereocenters. The van der Waals surface area contributed by atoms with Crippen LogP contribution in [0.1, 0.15) is 34.2 Å². The predicted molar refractivity (Wildman–Crippen MR) is 115 cm³/mol. The molecule has 0 saturated carbocycles. The van der Waals surface area contributed by atoms with Crippen molar-refractivity contribution in [3.05, 3.63) is 89.4 Å². The maximum atomic E-state index is 11.5. The normalized spacial score (nSPS) is 11.4. The van der Waals surface area contributed by atoms with Gasteiger partial charge in [-0.1, -0.05) is 48.5 Å². The average molecular weight is 383 g/mol. The highest BCUT2D eigenvalue weighted by atomic mass is 16.4. The van der Waals surface area contributed by atoms with Gasteiger partial charge >= 0.3 is 5.97 Å². The van der Waals surface area contributed by atoms with E-state index in [-0.39, 0.29) is 0 Å². The summed E-state index contributed by atoms with van der Waals surface area (Å²) in [7, 11) is 0. The molecule has 0 aliphatic heterocycles. The van der Waals surface area contributed by atoms with Crippen molar-refractivity contribution in [2.45, 2.75) is 20.4 Å². The molecule has 0 aliphatic carbocycles. The summed E-state index contributed by atoms with van der Waals surface area (Å²) < 4.78 is 2.10. The van der Waals surface area contributed by atoms with Crippen LogP contribution in [0.25, 0.3) is 28.4 Å². The number of hydrogen-bond donors (Lipinski definition) is 1. The second-order valence-corrected chi connectivity index (χ2v) is 6.90. The van der Waals surface area contributed by atoms with Gasteiger partial charge in [0.15, 0.2) is 5.65 Å². The maximum absolute atomic E-state index is 11.5. The van der Waals surface area contributed by atoms with Crippen LogP contribution in [-0.2, 0) is 6.54 Å². The Morgan fingerprint density at radius 2 is 1.86 bits per heavy atom. The lowest BCUT2D eigenvalue weighted by Crippen LogP contribution is -2.03. The number of aryl methyl sites for hydroxylation is 1. The van der Waals surface area contributed by atoms with Crippen LogP contribution in [0.15, 0.2) is 66.9 Å². The van der Waals surface area contributed by atoms with Crippen molar-refractivity contribution in [2.24, 2.45) is 0 Å². The van der Waals surface area contributed by atoms with E-state index in [1.807, 2.05) is 68.5 Å². The fourth-order valence-corrected chi connectivity index (χ4v) is 3.48. The Morgan fingerprint density at radius 1 is 1.10 bits per heavy atom. The Morgan fingerprint density at radius 3 is 2.59 bits per heavy atom. The maximum Gasteiger partial charge on any atom is 0.336 e. The molecule has 144 valence electrons. The molecule has 0 bridgehead atoms. The highest BCUT2D eigenvalue weighted by Gasteiger charge is 2.13.